The van der Waals surface area contributed by atoms with Gasteiger partial charge in [0.15, 0.2) is 0 Å². The summed E-state index contributed by atoms with van der Waals surface area (Å²) in [4.78, 5) is 16.3. The highest BCUT2D eigenvalue weighted by atomic mass is 28.4. The maximum absolute atomic E-state index is 11.7. The minimum absolute atomic E-state index is 0.0367. The van der Waals surface area contributed by atoms with E-state index in [4.69, 9.17) is 4.43 Å². The van der Waals surface area contributed by atoms with E-state index >= 15 is 0 Å². The summed E-state index contributed by atoms with van der Waals surface area (Å²) in [6.45, 7) is 12.1. The predicted molar refractivity (Wildman–Crippen MR) is 68.0 cm³/mol. The second-order valence-corrected chi connectivity index (χ2v) is 10.1. The molecular formula is C11H23NO3Si. The van der Waals surface area contributed by atoms with Gasteiger partial charge in [0.2, 0.25) is 0 Å². The van der Waals surface area contributed by atoms with Gasteiger partial charge in [-0.2, -0.15) is 0 Å². The molecule has 0 fully saturated rings. The smallest absolute Gasteiger partial charge is 0.298 e. The molecule has 0 atom stereocenters. The molecule has 94 valence electrons. The third-order valence-corrected chi connectivity index (χ3v) is 7.17. The Balaban J connectivity index is 4.42. The van der Waals surface area contributed by atoms with Gasteiger partial charge in [-0.25, -0.2) is 0 Å². The van der Waals surface area contributed by atoms with Gasteiger partial charge in [-0.1, -0.05) is 25.9 Å². The van der Waals surface area contributed by atoms with E-state index in [1.54, 1.807) is 6.92 Å². The first kappa shape index (κ1) is 15.2. The molecule has 0 rings (SSSR count). The Kier molecular flexibility index (Phi) is 5.19. The molecule has 0 N–H and O–H groups in total. The van der Waals surface area contributed by atoms with E-state index in [9.17, 15) is 4.79 Å². The van der Waals surface area contributed by atoms with Crippen molar-refractivity contribution >= 4 is 20.0 Å². The van der Waals surface area contributed by atoms with Crippen molar-refractivity contribution in [3.63, 3.8) is 0 Å². The lowest BCUT2D eigenvalue weighted by Gasteiger charge is -2.35. The quantitative estimate of drug-likeness (QED) is 0.434. The molecule has 0 aliphatic carbocycles. The molecule has 0 heterocycles. The Morgan fingerprint density at radius 3 is 2.19 bits per heavy atom. The van der Waals surface area contributed by atoms with Gasteiger partial charge in [0.05, 0.1) is 12.1 Å². The minimum Gasteiger partial charge on any atom is -0.519 e. The number of hydrogen-bond donors (Lipinski definition) is 0. The van der Waals surface area contributed by atoms with E-state index in [-0.39, 0.29) is 17.4 Å². The van der Waals surface area contributed by atoms with Crippen molar-refractivity contribution in [3.05, 3.63) is 0 Å². The first-order valence-corrected chi connectivity index (χ1v) is 8.29. The SMILES string of the molecule is CO/N=C(\C)CC(=O)O[Si](C)(C)C(C)(C)C. The zero-order valence-corrected chi connectivity index (χ0v) is 12.4. The van der Waals surface area contributed by atoms with E-state index < -0.39 is 8.32 Å². The summed E-state index contributed by atoms with van der Waals surface area (Å²) >= 11 is 0. The Morgan fingerprint density at radius 1 is 1.31 bits per heavy atom. The Labute approximate surface area is 99.1 Å². The molecule has 0 saturated carbocycles. The second kappa shape index (κ2) is 5.47. The highest BCUT2D eigenvalue weighted by molar-refractivity contribution is 6.75. The average molecular weight is 245 g/mol. The molecule has 0 aromatic heterocycles. The van der Waals surface area contributed by atoms with Gasteiger partial charge in [0.25, 0.3) is 14.3 Å². The van der Waals surface area contributed by atoms with Crippen molar-refractivity contribution in [1.82, 2.24) is 0 Å². The van der Waals surface area contributed by atoms with Gasteiger partial charge < -0.3 is 9.26 Å². The van der Waals surface area contributed by atoms with Crippen LogP contribution in [0.5, 0.6) is 0 Å². The molecule has 4 nitrogen and oxygen atoms in total. The molecule has 0 spiro atoms. The lowest BCUT2D eigenvalue weighted by atomic mass is 10.2. The van der Waals surface area contributed by atoms with Crippen LogP contribution in [0.3, 0.4) is 0 Å². The zero-order valence-electron chi connectivity index (χ0n) is 11.4. The molecular weight excluding hydrogens is 222 g/mol. The van der Waals surface area contributed by atoms with Gasteiger partial charge in [0.1, 0.15) is 7.11 Å². The lowest BCUT2D eigenvalue weighted by Crippen LogP contribution is -2.42. The van der Waals surface area contributed by atoms with E-state index in [0.29, 0.717) is 5.71 Å². The van der Waals surface area contributed by atoms with E-state index in [0.717, 1.165) is 0 Å². The van der Waals surface area contributed by atoms with Crippen molar-refractivity contribution in [2.45, 2.75) is 52.2 Å². The van der Waals surface area contributed by atoms with Crippen LogP contribution in [-0.2, 0) is 14.1 Å². The maximum Gasteiger partial charge on any atom is 0.298 e. The first-order chi connectivity index (χ1) is 7.10. The topological polar surface area (TPSA) is 47.9 Å². The zero-order chi connectivity index (χ0) is 13.0. The first-order valence-electron chi connectivity index (χ1n) is 5.38. The predicted octanol–water partition coefficient (Wildman–Crippen LogP) is 2.95. The Morgan fingerprint density at radius 2 is 1.81 bits per heavy atom. The molecule has 0 bridgehead atoms. The van der Waals surface area contributed by atoms with Gasteiger partial charge in [0, 0.05) is 0 Å². The van der Waals surface area contributed by atoms with E-state index in [1.165, 1.54) is 7.11 Å². The molecule has 0 aromatic rings. The average Bonchev–Trinajstić information content (AvgIpc) is 1.99. The molecule has 0 radical (unpaired) electrons. The number of carbonyl (C=O) groups excluding carboxylic acids is 1. The van der Waals surface area contributed by atoms with Crippen LogP contribution in [-0.4, -0.2) is 27.1 Å². The number of nitrogens with zero attached hydrogens (tertiary/aromatic N) is 1. The van der Waals surface area contributed by atoms with Crippen LogP contribution in [0, 0.1) is 0 Å². The van der Waals surface area contributed by atoms with Crippen LogP contribution >= 0.6 is 0 Å². The molecule has 0 saturated heterocycles. The Bertz CT molecular complexity index is 279. The highest BCUT2D eigenvalue weighted by Gasteiger charge is 2.40. The van der Waals surface area contributed by atoms with Crippen molar-refractivity contribution < 1.29 is 14.1 Å². The molecule has 0 aromatic carbocycles. The van der Waals surface area contributed by atoms with Crippen LogP contribution in [0.4, 0.5) is 0 Å². The molecule has 5 heteroatoms. The van der Waals surface area contributed by atoms with Crippen LogP contribution < -0.4 is 0 Å². The van der Waals surface area contributed by atoms with Crippen LogP contribution in [0.1, 0.15) is 34.1 Å². The standard InChI is InChI=1S/C11H23NO3Si/c1-9(12-14-5)8-10(13)15-16(6,7)11(2,3)4/h8H2,1-7H3/b12-9+. The number of oxime groups is 1. The second-order valence-electron chi connectivity index (χ2n) is 5.42. The number of carbonyl (C=O) groups is 1. The fraction of sp³-hybridized carbons (Fsp3) is 0.818. The van der Waals surface area contributed by atoms with Gasteiger partial charge in [-0.15, -0.1) is 0 Å². The van der Waals surface area contributed by atoms with Crippen LogP contribution in [0.2, 0.25) is 18.1 Å². The molecule has 0 aliphatic rings. The summed E-state index contributed by atoms with van der Waals surface area (Å²) < 4.78 is 5.58. The normalized spacial score (nSPS) is 13.6. The summed E-state index contributed by atoms with van der Waals surface area (Å²) in [5.41, 5.74) is 0.631. The van der Waals surface area contributed by atoms with Crippen LogP contribution in [0.25, 0.3) is 0 Å². The van der Waals surface area contributed by atoms with Crippen molar-refractivity contribution in [3.8, 4) is 0 Å². The monoisotopic (exact) mass is 245 g/mol. The molecule has 16 heavy (non-hydrogen) atoms. The third-order valence-electron chi connectivity index (χ3n) is 2.82. The fourth-order valence-electron chi connectivity index (χ4n) is 0.871. The number of hydrogen-bond acceptors (Lipinski definition) is 4. The van der Waals surface area contributed by atoms with Gasteiger partial charge >= 0.3 is 0 Å². The lowest BCUT2D eigenvalue weighted by molar-refractivity contribution is -0.134. The summed E-state index contributed by atoms with van der Waals surface area (Å²) in [5, 5.41) is 3.72. The van der Waals surface area contributed by atoms with Crippen molar-refractivity contribution in [1.29, 1.82) is 0 Å². The van der Waals surface area contributed by atoms with Gasteiger partial charge in [-0.05, 0) is 25.1 Å². The summed E-state index contributed by atoms with van der Waals surface area (Å²) in [7, 11) is -0.542. The van der Waals surface area contributed by atoms with Crippen LogP contribution in [0.15, 0.2) is 5.16 Å². The Hall–Kier alpha value is -0.843. The molecule has 0 unspecified atom stereocenters. The highest BCUT2D eigenvalue weighted by Crippen LogP contribution is 2.36. The maximum atomic E-state index is 11.7. The summed E-state index contributed by atoms with van der Waals surface area (Å²) in [6, 6.07) is 0. The molecule has 0 amide bonds. The van der Waals surface area contributed by atoms with E-state index in [1.807, 2.05) is 13.1 Å². The minimum atomic E-state index is -2.00. The summed E-state index contributed by atoms with van der Waals surface area (Å²) in [6.07, 6.45) is 0.195. The van der Waals surface area contributed by atoms with Crippen molar-refractivity contribution in [2.75, 3.05) is 7.11 Å². The summed E-state index contributed by atoms with van der Waals surface area (Å²) in [5.74, 6) is -0.218. The van der Waals surface area contributed by atoms with E-state index in [2.05, 4.69) is 30.8 Å². The van der Waals surface area contributed by atoms with Crippen molar-refractivity contribution in [2.24, 2.45) is 5.16 Å². The fourth-order valence-corrected chi connectivity index (χ4v) is 1.82. The number of rotatable bonds is 4. The molecule has 0 aliphatic heterocycles. The van der Waals surface area contributed by atoms with Gasteiger partial charge in [-0.3, -0.25) is 4.79 Å². The largest absolute Gasteiger partial charge is 0.519 e. The third kappa shape index (κ3) is 4.79.